The zero-order valence-electron chi connectivity index (χ0n) is 29.2. The van der Waals surface area contributed by atoms with Crippen molar-refractivity contribution in [2.45, 2.75) is 87.5 Å². The first-order valence-electron chi connectivity index (χ1n) is 17.2. The van der Waals surface area contributed by atoms with Crippen molar-refractivity contribution in [2.24, 2.45) is 34.5 Å². The number of nitrogens with zero attached hydrogens (tertiary/aromatic N) is 1. The molecule has 3 unspecified atom stereocenters. The number of aliphatic hydroxyl groups is 2. The number of esters is 3. The van der Waals surface area contributed by atoms with Gasteiger partial charge in [-0.3, -0.25) is 14.5 Å². The second kappa shape index (κ2) is 12.0. The van der Waals surface area contributed by atoms with Gasteiger partial charge < -0.3 is 43.4 Å². The van der Waals surface area contributed by atoms with Gasteiger partial charge in [0.15, 0.2) is 5.60 Å². The minimum absolute atomic E-state index is 0.0534. The molecule has 1 spiro atoms. The molecule has 1 aliphatic heterocycles. The third-order valence-corrected chi connectivity index (χ3v) is 13.4. The van der Waals surface area contributed by atoms with Crippen molar-refractivity contribution >= 4 is 17.9 Å². The molecular weight excluding hydrogens is 638 g/mol. The smallest absolute Gasteiger partial charge is 0.338 e. The van der Waals surface area contributed by atoms with Gasteiger partial charge in [0.2, 0.25) is 0 Å². The van der Waals surface area contributed by atoms with Crippen LogP contribution in [-0.4, -0.2) is 135 Å². The highest BCUT2D eigenvalue weighted by Crippen LogP contribution is 2.80. The first kappa shape index (κ1) is 34.8. The van der Waals surface area contributed by atoms with E-state index in [-0.39, 0.29) is 24.6 Å². The summed E-state index contributed by atoms with van der Waals surface area (Å²) < 4.78 is 43.9. The number of aliphatic hydroxyl groups excluding tert-OH is 1. The molecule has 6 aliphatic rings. The second-order valence-corrected chi connectivity index (χ2v) is 15.0. The van der Waals surface area contributed by atoms with Crippen LogP contribution in [0.3, 0.4) is 0 Å². The van der Waals surface area contributed by atoms with Gasteiger partial charge in [-0.15, -0.1) is 0 Å². The molecule has 1 saturated heterocycles. The van der Waals surface area contributed by atoms with Crippen LogP contribution >= 0.6 is 0 Å². The number of ether oxygens (including phenoxy) is 7. The number of carbonyl (C=O) groups excluding carboxylic acids is 3. The number of fused-ring (bicyclic) bond motifs is 2. The van der Waals surface area contributed by atoms with Crippen LogP contribution in [0.15, 0.2) is 30.3 Å². The molecule has 6 fully saturated rings. The summed E-state index contributed by atoms with van der Waals surface area (Å²) >= 11 is 0. The predicted molar refractivity (Wildman–Crippen MR) is 170 cm³/mol. The molecule has 0 radical (unpaired) electrons. The summed E-state index contributed by atoms with van der Waals surface area (Å²) in [7, 11) is 6.25. The van der Waals surface area contributed by atoms with Gasteiger partial charge in [-0.2, -0.15) is 0 Å². The Morgan fingerprint density at radius 3 is 2.20 bits per heavy atom. The molecule has 0 amide bonds. The molecule has 13 nitrogen and oxygen atoms in total. The normalized spacial score (nSPS) is 47.4. The van der Waals surface area contributed by atoms with Gasteiger partial charge in [-0.25, -0.2) is 4.79 Å². The Kier molecular flexibility index (Phi) is 8.49. The lowest BCUT2D eigenvalue weighted by Crippen LogP contribution is -2.81. The van der Waals surface area contributed by atoms with Gasteiger partial charge in [0.1, 0.15) is 30.0 Å². The van der Waals surface area contributed by atoms with Crippen molar-refractivity contribution in [1.82, 2.24) is 4.90 Å². The van der Waals surface area contributed by atoms with E-state index >= 15 is 0 Å². The van der Waals surface area contributed by atoms with E-state index in [4.69, 9.17) is 33.2 Å². The Balaban J connectivity index is 1.53. The van der Waals surface area contributed by atoms with Crippen molar-refractivity contribution in [1.29, 1.82) is 0 Å². The summed E-state index contributed by atoms with van der Waals surface area (Å²) in [6, 6.07) is 8.12. The molecule has 1 heterocycles. The lowest BCUT2D eigenvalue weighted by molar-refractivity contribution is -0.322. The van der Waals surface area contributed by atoms with Gasteiger partial charge in [0, 0.05) is 89.9 Å². The number of rotatable bonds is 10. The SMILES string of the molecule is CCN1C[C@]2(COC)[C@H](OC(C)=O)C[C@H](OC)C34C1C([C@H](OC)[C@@H]32)[C@]1(OC(C)=O)[C@@H]2[C@H]4C[C@](O)([C@@H]2OC(=O)c2ccccc2)[C@@H](OC)[C@@H]1O. The van der Waals surface area contributed by atoms with Crippen LogP contribution in [0.5, 0.6) is 0 Å². The van der Waals surface area contributed by atoms with Gasteiger partial charge in [0.05, 0.1) is 24.4 Å². The summed E-state index contributed by atoms with van der Waals surface area (Å²) in [4.78, 5) is 42.2. The third kappa shape index (κ3) is 4.21. The van der Waals surface area contributed by atoms with Crippen LogP contribution in [0.25, 0.3) is 0 Å². The molecule has 1 aromatic rings. The number of benzene rings is 1. The van der Waals surface area contributed by atoms with E-state index in [0.29, 0.717) is 19.5 Å². The summed E-state index contributed by atoms with van der Waals surface area (Å²) in [5.74, 6) is -4.24. The zero-order valence-corrected chi connectivity index (χ0v) is 29.2. The van der Waals surface area contributed by atoms with E-state index in [0.717, 1.165) is 0 Å². The van der Waals surface area contributed by atoms with Crippen LogP contribution in [0.2, 0.25) is 0 Å². The summed E-state index contributed by atoms with van der Waals surface area (Å²) in [5, 5.41) is 25.5. The Labute approximate surface area is 286 Å². The number of likely N-dealkylation sites (tertiary alicyclic amines) is 1. The van der Waals surface area contributed by atoms with Crippen LogP contribution in [0, 0.1) is 34.5 Å². The molecule has 7 bridgehead atoms. The van der Waals surface area contributed by atoms with Crippen molar-refractivity contribution < 1.29 is 57.8 Å². The maximum atomic E-state index is 13.8. The van der Waals surface area contributed by atoms with E-state index in [1.165, 1.54) is 21.0 Å². The molecule has 1 aromatic carbocycles. The van der Waals surface area contributed by atoms with E-state index in [9.17, 15) is 24.6 Å². The maximum absolute atomic E-state index is 13.8. The highest BCUT2D eigenvalue weighted by atomic mass is 16.6. The van der Waals surface area contributed by atoms with Crippen molar-refractivity contribution in [3.63, 3.8) is 0 Å². The van der Waals surface area contributed by atoms with Crippen molar-refractivity contribution in [3.05, 3.63) is 35.9 Å². The third-order valence-electron chi connectivity index (χ3n) is 13.4. The molecular formula is C36H49NO12. The fourth-order valence-electron chi connectivity index (χ4n) is 12.7. The largest absolute Gasteiger partial charge is 0.462 e. The maximum Gasteiger partial charge on any atom is 0.338 e. The van der Waals surface area contributed by atoms with E-state index in [1.54, 1.807) is 51.7 Å². The van der Waals surface area contributed by atoms with Crippen LogP contribution in [0.1, 0.15) is 44.0 Å². The van der Waals surface area contributed by atoms with E-state index in [1.807, 2.05) is 6.92 Å². The quantitative estimate of drug-likeness (QED) is 0.267. The fraction of sp³-hybridized carbons (Fsp3) is 0.750. The second-order valence-electron chi connectivity index (χ2n) is 15.0. The van der Waals surface area contributed by atoms with Gasteiger partial charge in [-0.1, -0.05) is 25.1 Å². The molecule has 49 heavy (non-hydrogen) atoms. The Morgan fingerprint density at radius 1 is 0.918 bits per heavy atom. The van der Waals surface area contributed by atoms with E-state index in [2.05, 4.69) is 4.90 Å². The van der Waals surface area contributed by atoms with Gasteiger partial charge in [-0.05, 0) is 31.0 Å². The summed E-state index contributed by atoms with van der Waals surface area (Å²) in [6.45, 7) is 5.99. The Morgan fingerprint density at radius 2 is 1.63 bits per heavy atom. The Bertz CT molecular complexity index is 1480. The highest BCUT2D eigenvalue weighted by molar-refractivity contribution is 5.89. The number of carbonyl (C=O) groups is 3. The molecule has 270 valence electrons. The first-order chi connectivity index (χ1) is 23.4. The molecule has 5 saturated carbocycles. The molecule has 5 aliphatic carbocycles. The minimum atomic E-state index is -1.86. The fourth-order valence-corrected chi connectivity index (χ4v) is 12.7. The van der Waals surface area contributed by atoms with Crippen molar-refractivity contribution in [2.75, 3.05) is 48.1 Å². The Hall–Kier alpha value is -2.65. The van der Waals surface area contributed by atoms with Crippen LogP contribution < -0.4 is 0 Å². The summed E-state index contributed by atoms with van der Waals surface area (Å²) in [6.07, 6.45) is -5.45. The first-order valence-corrected chi connectivity index (χ1v) is 17.2. The standard InChI is InChI=1S/C36H49NO12/c1-8-37-16-33(17-43-4)22(47-18(2)38)14-23(44-5)35-21-15-34(42)30(48-32(41)20-12-10-9-11-13-20)24(21)36(49-19(3)39,29(40)31(34)46-7)25(28(35)37)26(45-6)27(33)35/h9-13,21-31,40,42H,8,14-17H2,1-7H3/t21-,22-,23+,24-,25?,26+,27-,28?,29+,30-,31+,33+,34+,35?,36-/m1/s1. The summed E-state index contributed by atoms with van der Waals surface area (Å²) in [5.41, 5.74) is -4.92. The van der Waals surface area contributed by atoms with Crippen LogP contribution in [-0.2, 0) is 42.7 Å². The topological polar surface area (TPSA) is 160 Å². The highest BCUT2D eigenvalue weighted by Gasteiger charge is 2.92. The number of hydrogen-bond donors (Lipinski definition) is 2. The number of piperidine rings is 1. The van der Waals surface area contributed by atoms with Gasteiger partial charge in [0.25, 0.3) is 0 Å². The molecule has 2 N–H and O–H groups in total. The molecule has 0 aromatic heterocycles. The average Bonchev–Trinajstić information content (AvgIpc) is 3.44. The average molecular weight is 688 g/mol. The lowest BCUT2D eigenvalue weighted by Gasteiger charge is -2.70. The zero-order chi connectivity index (χ0) is 35.3. The van der Waals surface area contributed by atoms with Crippen molar-refractivity contribution in [3.8, 4) is 0 Å². The monoisotopic (exact) mass is 687 g/mol. The lowest BCUT2D eigenvalue weighted by atomic mass is 9.42. The molecule has 15 atom stereocenters. The number of hydrogen-bond acceptors (Lipinski definition) is 13. The predicted octanol–water partition coefficient (Wildman–Crippen LogP) is 1.22. The molecule has 7 rings (SSSR count). The van der Waals surface area contributed by atoms with E-state index < -0.39 is 100 Å². The number of methoxy groups -OCH3 is 4. The van der Waals surface area contributed by atoms with Crippen LogP contribution in [0.4, 0.5) is 0 Å². The molecule has 13 heteroatoms. The van der Waals surface area contributed by atoms with Gasteiger partial charge >= 0.3 is 17.9 Å². The minimum Gasteiger partial charge on any atom is -0.462 e.